The van der Waals surface area contributed by atoms with Gasteiger partial charge in [-0.1, -0.05) is 11.6 Å². The molecule has 0 aromatic carbocycles. The average Bonchev–Trinajstić information content (AvgIpc) is 2.80. The lowest BCUT2D eigenvalue weighted by molar-refractivity contribution is 0.0966. The summed E-state index contributed by atoms with van der Waals surface area (Å²) in [5.41, 5.74) is 2.27. The maximum Gasteiger partial charge on any atom is 0.185 e. The second kappa shape index (κ2) is 4.37. The first-order valence-corrected chi connectivity index (χ1v) is 5.71. The minimum Gasteiger partial charge on any atom is -0.357 e. The molecule has 90 valence electrons. The summed E-state index contributed by atoms with van der Waals surface area (Å²) in [5, 5.41) is 4.87. The number of nitrogens with zero attached hydrogens (tertiary/aromatic N) is 3. The van der Waals surface area contributed by atoms with E-state index in [0.29, 0.717) is 10.6 Å². The van der Waals surface area contributed by atoms with Crippen LogP contribution in [0, 0.1) is 13.8 Å². The Morgan fingerprint density at radius 1 is 1.47 bits per heavy atom. The van der Waals surface area contributed by atoms with Gasteiger partial charge in [-0.3, -0.25) is 9.48 Å². The molecule has 0 radical (unpaired) electrons. The third-order valence-electron chi connectivity index (χ3n) is 2.74. The zero-order valence-electron chi connectivity index (χ0n) is 10.1. The van der Waals surface area contributed by atoms with Crippen LogP contribution in [-0.2, 0) is 13.6 Å². The molecule has 4 nitrogen and oxygen atoms in total. The molecule has 2 aromatic rings. The molecule has 2 rings (SSSR count). The molecule has 17 heavy (non-hydrogen) atoms. The number of ketones is 1. The highest BCUT2D eigenvalue weighted by atomic mass is 35.5. The smallest absolute Gasteiger partial charge is 0.185 e. The molecule has 2 aromatic heterocycles. The molecule has 0 atom stereocenters. The van der Waals surface area contributed by atoms with E-state index < -0.39 is 0 Å². The molecule has 0 fully saturated rings. The van der Waals surface area contributed by atoms with Gasteiger partial charge in [-0.2, -0.15) is 5.10 Å². The number of Topliss-reactive ketones (excluding diaryl/α,β-unsaturated/α-hetero) is 1. The number of hydrogen-bond acceptors (Lipinski definition) is 2. The predicted molar refractivity (Wildman–Crippen MR) is 66.5 cm³/mol. The summed E-state index contributed by atoms with van der Waals surface area (Å²) in [5.74, 6) is 0.0351. The van der Waals surface area contributed by atoms with E-state index in [1.807, 2.05) is 31.7 Å². The zero-order valence-corrected chi connectivity index (χ0v) is 10.8. The standard InChI is InChI=1S/C12H14ClN3O/c1-8-12(13)9(2)16(14-8)7-11(17)10-4-5-15(3)6-10/h4-6H,7H2,1-3H3. The van der Waals surface area contributed by atoms with Crippen LogP contribution in [0.4, 0.5) is 0 Å². The molecule has 0 aliphatic carbocycles. The Kier molecular flexibility index (Phi) is 3.07. The Bertz CT molecular complexity index is 568. The normalized spacial score (nSPS) is 10.8. The summed E-state index contributed by atoms with van der Waals surface area (Å²) in [6.45, 7) is 3.92. The molecule has 0 amide bonds. The van der Waals surface area contributed by atoms with Gasteiger partial charge < -0.3 is 4.57 Å². The number of halogens is 1. The van der Waals surface area contributed by atoms with Crippen molar-refractivity contribution in [2.24, 2.45) is 7.05 Å². The van der Waals surface area contributed by atoms with Crippen LogP contribution >= 0.6 is 11.6 Å². The summed E-state index contributed by atoms with van der Waals surface area (Å²) in [7, 11) is 1.89. The fraction of sp³-hybridized carbons (Fsp3) is 0.333. The monoisotopic (exact) mass is 251 g/mol. The molecule has 0 unspecified atom stereocenters. The Labute approximate surface area is 105 Å². The number of aromatic nitrogens is 3. The third-order valence-corrected chi connectivity index (χ3v) is 3.29. The van der Waals surface area contributed by atoms with Gasteiger partial charge in [-0.05, 0) is 19.9 Å². The van der Waals surface area contributed by atoms with Gasteiger partial charge in [0.1, 0.15) is 6.54 Å². The van der Waals surface area contributed by atoms with Crippen LogP contribution < -0.4 is 0 Å². The second-order valence-corrected chi connectivity index (χ2v) is 4.51. The van der Waals surface area contributed by atoms with E-state index in [1.165, 1.54) is 0 Å². The minimum atomic E-state index is 0.0351. The van der Waals surface area contributed by atoms with E-state index in [9.17, 15) is 4.79 Å². The van der Waals surface area contributed by atoms with Crippen molar-refractivity contribution in [2.75, 3.05) is 0 Å². The number of rotatable bonds is 3. The molecule has 0 saturated heterocycles. The van der Waals surface area contributed by atoms with Gasteiger partial charge in [-0.25, -0.2) is 0 Å². The molecule has 0 N–H and O–H groups in total. The predicted octanol–water partition coefficient (Wildman–Crippen LogP) is 2.37. The summed E-state index contributed by atoms with van der Waals surface area (Å²) in [4.78, 5) is 12.0. The van der Waals surface area contributed by atoms with E-state index in [1.54, 1.807) is 16.9 Å². The van der Waals surface area contributed by atoms with Crippen LogP contribution in [-0.4, -0.2) is 20.1 Å². The lowest BCUT2D eigenvalue weighted by atomic mass is 10.2. The lowest BCUT2D eigenvalue weighted by Gasteiger charge is -2.02. The van der Waals surface area contributed by atoms with Crippen LogP contribution in [0.2, 0.25) is 5.02 Å². The number of hydrogen-bond donors (Lipinski definition) is 0. The van der Waals surface area contributed by atoms with Gasteiger partial charge in [0.2, 0.25) is 0 Å². The van der Waals surface area contributed by atoms with Crippen molar-refractivity contribution < 1.29 is 4.79 Å². The Morgan fingerprint density at radius 2 is 2.18 bits per heavy atom. The third kappa shape index (κ3) is 2.26. The van der Waals surface area contributed by atoms with Crippen LogP contribution in [0.15, 0.2) is 18.5 Å². The first kappa shape index (κ1) is 11.9. The van der Waals surface area contributed by atoms with E-state index in [-0.39, 0.29) is 12.3 Å². The molecule has 0 aliphatic rings. The fourth-order valence-electron chi connectivity index (χ4n) is 1.72. The highest BCUT2D eigenvalue weighted by molar-refractivity contribution is 6.31. The van der Waals surface area contributed by atoms with Gasteiger partial charge in [0.05, 0.1) is 16.4 Å². The van der Waals surface area contributed by atoms with Crippen molar-refractivity contribution in [3.05, 3.63) is 40.4 Å². The van der Waals surface area contributed by atoms with Gasteiger partial charge in [-0.15, -0.1) is 0 Å². The van der Waals surface area contributed by atoms with E-state index in [0.717, 1.165) is 11.4 Å². The molecule has 5 heteroatoms. The molecular formula is C12H14ClN3O. The average molecular weight is 252 g/mol. The Hall–Kier alpha value is -1.55. The van der Waals surface area contributed by atoms with Crippen molar-refractivity contribution in [1.82, 2.24) is 14.3 Å². The molecule has 0 aliphatic heterocycles. The van der Waals surface area contributed by atoms with Crippen molar-refractivity contribution in [2.45, 2.75) is 20.4 Å². The lowest BCUT2D eigenvalue weighted by Crippen LogP contribution is -2.12. The minimum absolute atomic E-state index is 0.0351. The topological polar surface area (TPSA) is 39.8 Å². The molecule has 0 bridgehead atoms. The fourth-order valence-corrected chi connectivity index (χ4v) is 1.86. The van der Waals surface area contributed by atoms with Crippen molar-refractivity contribution in [3.8, 4) is 0 Å². The second-order valence-electron chi connectivity index (χ2n) is 4.13. The Morgan fingerprint density at radius 3 is 2.65 bits per heavy atom. The SMILES string of the molecule is Cc1nn(CC(=O)c2ccn(C)c2)c(C)c1Cl. The Balaban J connectivity index is 2.21. The van der Waals surface area contributed by atoms with Crippen LogP contribution in [0.25, 0.3) is 0 Å². The largest absolute Gasteiger partial charge is 0.357 e. The van der Waals surface area contributed by atoms with Gasteiger partial charge in [0.15, 0.2) is 5.78 Å². The van der Waals surface area contributed by atoms with E-state index in [4.69, 9.17) is 11.6 Å². The number of aryl methyl sites for hydroxylation is 2. The van der Waals surface area contributed by atoms with Crippen LogP contribution in [0.1, 0.15) is 21.7 Å². The van der Waals surface area contributed by atoms with Gasteiger partial charge in [0.25, 0.3) is 0 Å². The van der Waals surface area contributed by atoms with Crippen molar-refractivity contribution in [1.29, 1.82) is 0 Å². The molecular weight excluding hydrogens is 238 g/mol. The first-order valence-electron chi connectivity index (χ1n) is 5.33. The van der Waals surface area contributed by atoms with Crippen LogP contribution in [0.3, 0.4) is 0 Å². The molecule has 2 heterocycles. The zero-order chi connectivity index (χ0) is 12.6. The maximum absolute atomic E-state index is 12.0. The summed E-state index contributed by atoms with van der Waals surface area (Å²) < 4.78 is 3.49. The highest BCUT2D eigenvalue weighted by Gasteiger charge is 2.13. The van der Waals surface area contributed by atoms with Crippen molar-refractivity contribution >= 4 is 17.4 Å². The van der Waals surface area contributed by atoms with Crippen molar-refractivity contribution in [3.63, 3.8) is 0 Å². The quantitative estimate of drug-likeness (QED) is 0.786. The maximum atomic E-state index is 12.0. The van der Waals surface area contributed by atoms with Crippen LogP contribution in [0.5, 0.6) is 0 Å². The summed E-state index contributed by atoms with van der Waals surface area (Å²) in [6, 6.07) is 1.80. The molecule has 0 saturated carbocycles. The van der Waals surface area contributed by atoms with Gasteiger partial charge in [0, 0.05) is 25.0 Å². The molecule has 0 spiro atoms. The number of carbonyl (C=O) groups is 1. The number of carbonyl (C=O) groups excluding carboxylic acids is 1. The summed E-state index contributed by atoms with van der Waals surface area (Å²) in [6.07, 6.45) is 3.65. The van der Waals surface area contributed by atoms with E-state index in [2.05, 4.69) is 5.10 Å². The first-order chi connectivity index (χ1) is 7.99. The van der Waals surface area contributed by atoms with Gasteiger partial charge >= 0.3 is 0 Å². The summed E-state index contributed by atoms with van der Waals surface area (Å²) >= 11 is 6.03. The highest BCUT2D eigenvalue weighted by Crippen LogP contribution is 2.19. The van der Waals surface area contributed by atoms with E-state index >= 15 is 0 Å².